The van der Waals surface area contributed by atoms with Gasteiger partial charge in [-0.05, 0) is 23.5 Å². The highest BCUT2D eigenvalue weighted by molar-refractivity contribution is 5.55. The summed E-state index contributed by atoms with van der Waals surface area (Å²) < 4.78 is 0. The number of rotatable bonds is 6. The highest BCUT2D eigenvalue weighted by atomic mass is 15.0. The number of anilines is 2. The Labute approximate surface area is 126 Å². The number of nitrogen functional groups attached to an aromatic ring is 1. The molecule has 0 atom stereocenters. The summed E-state index contributed by atoms with van der Waals surface area (Å²) in [7, 11) is 0. The van der Waals surface area contributed by atoms with E-state index in [0.717, 1.165) is 30.8 Å². The minimum Gasteiger partial charge on any atom is -0.383 e. The summed E-state index contributed by atoms with van der Waals surface area (Å²) in [6.45, 7) is 7.27. The first-order valence-corrected chi connectivity index (χ1v) is 7.53. The summed E-state index contributed by atoms with van der Waals surface area (Å²) in [5.41, 5.74) is 9.54. The average molecular weight is 284 g/mol. The zero-order chi connectivity index (χ0) is 15.2. The van der Waals surface area contributed by atoms with Gasteiger partial charge in [0, 0.05) is 12.1 Å². The van der Waals surface area contributed by atoms with E-state index >= 15 is 0 Å². The fourth-order valence-electron chi connectivity index (χ4n) is 2.28. The van der Waals surface area contributed by atoms with E-state index in [1.807, 2.05) is 0 Å². The van der Waals surface area contributed by atoms with Gasteiger partial charge in [-0.25, -0.2) is 9.97 Å². The lowest BCUT2D eigenvalue weighted by molar-refractivity contribution is 0.864. The molecule has 2 rings (SSSR count). The second-order valence-corrected chi connectivity index (χ2v) is 5.59. The van der Waals surface area contributed by atoms with Crippen LogP contribution in [0.5, 0.6) is 0 Å². The maximum absolute atomic E-state index is 5.94. The van der Waals surface area contributed by atoms with E-state index in [1.165, 1.54) is 17.5 Å². The zero-order valence-electron chi connectivity index (χ0n) is 13.1. The molecule has 1 heterocycles. The van der Waals surface area contributed by atoms with Crippen LogP contribution in [-0.2, 0) is 13.0 Å². The smallest absolute Gasteiger partial charge is 0.134 e. The highest BCUT2D eigenvalue weighted by Crippen LogP contribution is 2.20. The number of nitrogens with zero attached hydrogens (tertiary/aromatic N) is 2. The molecule has 0 fully saturated rings. The Kier molecular flexibility index (Phi) is 5.14. The van der Waals surface area contributed by atoms with Crippen molar-refractivity contribution in [3.05, 3.63) is 47.3 Å². The maximum atomic E-state index is 5.94. The van der Waals surface area contributed by atoms with Gasteiger partial charge in [-0.2, -0.15) is 0 Å². The third-order valence-electron chi connectivity index (χ3n) is 3.59. The summed E-state index contributed by atoms with van der Waals surface area (Å²) >= 11 is 0. The van der Waals surface area contributed by atoms with Crippen LogP contribution in [0.4, 0.5) is 11.6 Å². The molecule has 0 amide bonds. The van der Waals surface area contributed by atoms with Gasteiger partial charge in [0.05, 0.1) is 0 Å². The fraction of sp³-hybridized carbons (Fsp3) is 0.412. The predicted octanol–water partition coefficient (Wildman–Crippen LogP) is 3.75. The molecule has 0 unspecified atom stereocenters. The molecule has 4 nitrogen and oxygen atoms in total. The van der Waals surface area contributed by atoms with Crippen LogP contribution in [0.25, 0.3) is 0 Å². The molecule has 0 radical (unpaired) electrons. The van der Waals surface area contributed by atoms with Gasteiger partial charge in [-0.15, -0.1) is 0 Å². The minimum atomic E-state index is 0.560. The molecule has 0 bridgehead atoms. The molecule has 0 spiro atoms. The van der Waals surface area contributed by atoms with Gasteiger partial charge in [-0.1, -0.05) is 51.5 Å². The predicted molar refractivity (Wildman–Crippen MR) is 88.3 cm³/mol. The van der Waals surface area contributed by atoms with E-state index in [1.54, 1.807) is 0 Å². The third-order valence-corrected chi connectivity index (χ3v) is 3.59. The van der Waals surface area contributed by atoms with E-state index in [-0.39, 0.29) is 0 Å². The van der Waals surface area contributed by atoms with E-state index in [9.17, 15) is 0 Å². The molecule has 0 aliphatic heterocycles. The van der Waals surface area contributed by atoms with Crippen LogP contribution >= 0.6 is 0 Å². The number of nitrogens with two attached hydrogens (primary N) is 1. The van der Waals surface area contributed by atoms with Crippen molar-refractivity contribution >= 4 is 11.6 Å². The van der Waals surface area contributed by atoms with Crippen molar-refractivity contribution in [2.75, 3.05) is 11.1 Å². The molecule has 112 valence electrons. The Bertz CT molecular complexity index is 576. The normalized spacial score (nSPS) is 10.9. The van der Waals surface area contributed by atoms with Crippen LogP contribution in [0.15, 0.2) is 30.6 Å². The van der Waals surface area contributed by atoms with Crippen LogP contribution < -0.4 is 11.1 Å². The molecule has 2 aromatic rings. The standard InChI is InChI=1S/C17H24N4/c1-4-5-15-16(18)20-11-21-17(15)19-10-13-6-8-14(9-7-13)12(2)3/h6-9,11-12H,4-5,10H2,1-3H3,(H3,18,19,20,21). The maximum Gasteiger partial charge on any atom is 0.134 e. The number of hydrogen-bond acceptors (Lipinski definition) is 4. The third kappa shape index (κ3) is 3.94. The van der Waals surface area contributed by atoms with Gasteiger partial charge < -0.3 is 11.1 Å². The topological polar surface area (TPSA) is 63.8 Å². The average Bonchev–Trinajstić information content (AvgIpc) is 2.48. The van der Waals surface area contributed by atoms with Crippen LogP contribution in [-0.4, -0.2) is 9.97 Å². The van der Waals surface area contributed by atoms with Crippen molar-refractivity contribution in [1.29, 1.82) is 0 Å². The van der Waals surface area contributed by atoms with Gasteiger partial charge in [-0.3, -0.25) is 0 Å². The van der Waals surface area contributed by atoms with E-state index in [4.69, 9.17) is 5.73 Å². The van der Waals surface area contributed by atoms with Crippen LogP contribution in [0.1, 0.15) is 49.8 Å². The van der Waals surface area contributed by atoms with E-state index < -0.39 is 0 Å². The Morgan fingerprint density at radius 3 is 2.48 bits per heavy atom. The largest absolute Gasteiger partial charge is 0.383 e. The lowest BCUT2D eigenvalue weighted by Gasteiger charge is -2.12. The van der Waals surface area contributed by atoms with Gasteiger partial charge in [0.2, 0.25) is 0 Å². The lowest BCUT2D eigenvalue weighted by Crippen LogP contribution is -2.08. The van der Waals surface area contributed by atoms with Crippen molar-refractivity contribution in [3.8, 4) is 0 Å². The molecule has 4 heteroatoms. The molecule has 1 aromatic carbocycles. The van der Waals surface area contributed by atoms with Crippen molar-refractivity contribution in [2.45, 2.75) is 46.1 Å². The SMILES string of the molecule is CCCc1c(N)ncnc1NCc1ccc(C(C)C)cc1. The minimum absolute atomic E-state index is 0.560. The molecular formula is C17H24N4. The summed E-state index contributed by atoms with van der Waals surface area (Å²) in [4.78, 5) is 8.39. The Balaban J connectivity index is 2.07. The van der Waals surface area contributed by atoms with Crippen molar-refractivity contribution < 1.29 is 0 Å². The number of nitrogens with one attached hydrogen (secondary N) is 1. The quantitative estimate of drug-likeness (QED) is 0.848. The Morgan fingerprint density at radius 2 is 1.86 bits per heavy atom. The monoisotopic (exact) mass is 284 g/mol. The first-order valence-electron chi connectivity index (χ1n) is 7.53. The molecule has 0 aliphatic carbocycles. The molecule has 0 aliphatic rings. The second-order valence-electron chi connectivity index (χ2n) is 5.59. The number of hydrogen-bond donors (Lipinski definition) is 2. The molecule has 1 aromatic heterocycles. The molecule has 0 saturated heterocycles. The molecule has 3 N–H and O–H groups in total. The summed E-state index contributed by atoms with van der Waals surface area (Å²) in [6.07, 6.45) is 3.43. The van der Waals surface area contributed by atoms with Crippen molar-refractivity contribution in [2.24, 2.45) is 0 Å². The summed E-state index contributed by atoms with van der Waals surface area (Å²) in [5.74, 6) is 1.98. The van der Waals surface area contributed by atoms with Gasteiger partial charge in [0.25, 0.3) is 0 Å². The second kappa shape index (κ2) is 7.07. The Morgan fingerprint density at radius 1 is 1.14 bits per heavy atom. The first kappa shape index (κ1) is 15.3. The van der Waals surface area contributed by atoms with Crippen molar-refractivity contribution in [1.82, 2.24) is 9.97 Å². The number of benzene rings is 1. The molecule has 21 heavy (non-hydrogen) atoms. The first-order chi connectivity index (χ1) is 10.1. The Hall–Kier alpha value is -2.10. The highest BCUT2D eigenvalue weighted by Gasteiger charge is 2.08. The zero-order valence-corrected chi connectivity index (χ0v) is 13.1. The van der Waals surface area contributed by atoms with Gasteiger partial charge in [0.1, 0.15) is 18.0 Å². The lowest BCUT2D eigenvalue weighted by atomic mass is 10.0. The summed E-state index contributed by atoms with van der Waals surface area (Å²) in [5, 5.41) is 3.37. The molecular weight excluding hydrogens is 260 g/mol. The number of aromatic nitrogens is 2. The van der Waals surface area contributed by atoms with Crippen LogP contribution in [0.3, 0.4) is 0 Å². The fourth-order valence-corrected chi connectivity index (χ4v) is 2.28. The summed E-state index contributed by atoms with van der Waals surface area (Å²) in [6, 6.07) is 8.69. The van der Waals surface area contributed by atoms with Crippen LogP contribution in [0, 0.1) is 0 Å². The van der Waals surface area contributed by atoms with Crippen LogP contribution in [0.2, 0.25) is 0 Å². The van der Waals surface area contributed by atoms with E-state index in [2.05, 4.69) is 60.3 Å². The molecule has 0 saturated carbocycles. The van der Waals surface area contributed by atoms with Gasteiger partial charge >= 0.3 is 0 Å². The van der Waals surface area contributed by atoms with Gasteiger partial charge in [0.15, 0.2) is 0 Å². The van der Waals surface area contributed by atoms with E-state index in [0.29, 0.717) is 11.7 Å². The van der Waals surface area contributed by atoms with Crippen molar-refractivity contribution in [3.63, 3.8) is 0 Å².